The van der Waals surface area contributed by atoms with E-state index in [2.05, 4.69) is 29.1 Å². The van der Waals surface area contributed by atoms with E-state index in [0.29, 0.717) is 11.5 Å². The van der Waals surface area contributed by atoms with Gasteiger partial charge in [0, 0.05) is 12.5 Å². The molecule has 7 heteroatoms. The van der Waals surface area contributed by atoms with Crippen LogP contribution in [0, 0.1) is 0 Å². The number of aromatic nitrogens is 2. The highest BCUT2D eigenvalue weighted by Gasteiger charge is 2.13. The number of hydrogen-bond donors (Lipinski definition) is 2. The number of nitrogens with zero attached hydrogens (tertiary/aromatic N) is 2. The van der Waals surface area contributed by atoms with Gasteiger partial charge in [-0.15, -0.1) is 0 Å². The molecule has 0 fully saturated rings. The lowest BCUT2D eigenvalue weighted by Gasteiger charge is -2.15. The van der Waals surface area contributed by atoms with Crippen LogP contribution in [-0.2, 0) is 4.79 Å². The van der Waals surface area contributed by atoms with E-state index < -0.39 is 0 Å². The van der Waals surface area contributed by atoms with E-state index in [1.165, 1.54) is 13.1 Å². The van der Waals surface area contributed by atoms with Crippen molar-refractivity contribution in [1.82, 2.24) is 9.97 Å². The molecule has 0 atom stereocenters. The van der Waals surface area contributed by atoms with Gasteiger partial charge in [0.1, 0.15) is 11.5 Å². The molecule has 0 bridgehead atoms. The third-order valence-corrected chi connectivity index (χ3v) is 3.13. The third kappa shape index (κ3) is 4.09. The first kappa shape index (κ1) is 16.5. The summed E-state index contributed by atoms with van der Waals surface area (Å²) in [6.07, 6.45) is 1.43. The predicted octanol–water partition coefficient (Wildman–Crippen LogP) is 2.94. The highest BCUT2D eigenvalue weighted by atomic mass is 16.5. The van der Waals surface area contributed by atoms with Crippen LogP contribution in [0.3, 0.4) is 0 Å². The third-order valence-electron chi connectivity index (χ3n) is 3.13. The lowest BCUT2D eigenvalue weighted by Crippen LogP contribution is -2.10. The molecule has 0 radical (unpaired) electrons. The molecule has 7 nitrogen and oxygen atoms in total. The predicted molar refractivity (Wildman–Crippen MR) is 87.9 cm³/mol. The number of rotatable bonds is 5. The second-order valence-corrected chi connectivity index (χ2v) is 5.28. The lowest BCUT2D eigenvalue weighted by molar-refractivity contribution is -0.114. The zero-order chi connectivity index (χ0) is 17.0. The Bertz CT molecular complexity index is 716. The number of anilines is 2. The highest BCUT2D eigenvalue weighted by molar-refractivity contribution is 5.86. The number of nitrogens with two attached hydrogens (primary N) is 1. The fourth-order valence-corrected chi connectivity index (χ4v) is 2.00. The number of nitrogens with one attached hydrogen (secondary N) is 1. The van der Waals surface area contributed by atoms with Crippen molar-refractivity contribution >= 4 is 17.7 Å². The van der Waals surface area contributed by atoms with Gasteiger partial charge in [0.05, 0.1) is 13.3 Å². The Morgan fingerprint density at radius 3 is 2.61 bits per heavy atom. The first-order valence-corrected chi connectivity index (χ1v) is 7.16. The molecule has 2 aromatic rings. The Morgan fingerprint density at radius 2 is 2.04 bits per heavy atom. The van der Waals surface area contributed by atoms with Gasteiger partial charge < -0.3 is 15.2 Å². The van der Waals surface area contributed by atoms with E-state index in [1.54, 1.807) is 7.11 Å². The molecule has 2 rings (SSSR count). The van der Waals surface area contributed by atoms with Crippen molar-refractivity contribution in [3.05, 3.63) is 30.0 Å². The van der Waals surface area contributed by atoms with Gasteiger partial charge >= 0.3 is 0 Å². The van der Waals surface area contributed by atoms with Crippen LogP contribution in [0.2, 0.25) is 0 Å². The van der Waals surface area contributed by atoms with Crippen LogP contribution in [-0.4, -0.2) is 23.0 Å². The van der Waals surface area contributed by atoms with E-state index >= 15 is 0 Å². The number of amides is 1. The minimum atomic E-state index is -0.268. The Balaban J connectivity index is 2.30. The summed E-state index contributed by atoms with van der Waals surface area (Å²) in [5.41, 5.74) is 6.86. The van der Waals surface area contributed by atoms with Gasteiger partial charge in [-0.2, -0.15) is 4.98 Å². The van der Waals surface area contributed by atoms with E-state index in [0.717, 1.165) is 11.3 Å². The lowest BCUT2D eigenvalue weighted by atomic mass is 10.0. The van der Waals surface area contributed by atoms with E-state index in [4.69, 9.17) is 15.2 Å². The molecule has 1 heterocycles. The topological polar surface area (TPSA) is 99.4 Å². The summed E-state index contributed by atoms with van der Waals surface area (Å²) in [6.45, 7) is 5.49. The minimum Gasteiger partial charge on any atom is -0.497 e. The first-order chi connectivity index (χ1) is 10.9. The summed E-state index contributed by atoms with van der Waals surface area (Å²) in [5.74, 6) is 1.99. The molecule has 0 spiro atoms. The van der Waals surface area contributed by atoms with Gasteiger partial charge in [-0.05, 0) is 24.1 Å². The van der Waals surface area contributed by atoms with Crippen molar-refractivity contribution in [2.24, 2.45) is 0 Å². The smallest absolute Gasteiger partial charge is 0.231 e. The van der Waals surface area contributed by atoms with E-state index in [1.807, 2.05) is 18.2 Å². The van der Waals surface area contributed by atoms with E-state index in [9.17, 15) is 4.79 Å². The average Bonchev–Trinajstić information content (AvgIpc) is 2.49. The number of methoxy groups -OCH3 is 1. The molecule has 1 amide bonds. The summed E-state index contributed by atoms with van der Waals surface area (Å²) in [7, 11) is 1.62. The molecule has 122 valence electrons. The maximum Gasteiger partial charge on any atom is 0.231 e. The molecule has 1 aromatic heterocycles. The summed E-state index contributed by atoms with van der Waals surface area (Å²) < 4.78 is 11.1. The van der Waals surface area contributed by atoms with Crippen LogP contribution in [0.5, 0.6) is 17.2 Å². The summed E-state index contributed by atoms with van der Waals surface area (Å²) in [4.78, 5) is 19.0. The molecule has 3 N–H and O–H groups in total. The molecule has 1 aromatic carbocycles. The van der Waals surface area contributed by atoms with Crippen LogP contribution >= 0.6 is 0 Å². The number of carbonyl (C=O) groups excluding carboxylic acids is 1. The second-order valence-electron chi connectivity index (χ2n) is 5.28. The van der Waals surface area contributed by atoms with Crippen LogP contribution in [0.1, 0.15) is 32.3 Å². The van der Waals surface area contributed by atoms with Crippen molar-refractivity contribution in [2.75, 3.05) is 18.2 Å². The molecule has 0 aliphatic rings. The van der Waals surface area contributed by atoms with Crippen molar-refractivity contribution in [3.63, 3.8) is 0 Å². The molecule has 0 unspecified atom stereocenters. The van der Waals surface area contributed by atoms with Crippen molar-refractivity contribution < 1.29 is 14.3 Å². The molecular weight excluding hydrogens is 296 g/mol. The Kier molecular flexibility index (Phi) is 5.00. The van der Waals surface area contributed by atoms with Gasteiger partial charge in [0.15, 0.2) is 11.6 Å². The van der Waals surface area contributed by atoms with Crippen LogP contribution in [0.25, 0.3) is 0 Å². The van der Waals surface area contributed by atoms with Crippen LogP contribution < -0.4 is 20.5 Å². The number of carbonyl (C=O) groups is 1. The van der Waals surface area contributed by atoms with Crippen LogP contribution in [0.4, 0.5) is 11.8 Å². The van der Waals surface area contributed by atoms with E-state index in [-0.39, 0.29) is 23.6 Å². The van der Waals surface area contributed by atoms with Crippen molar-refractivity contribution in [1.29, 1.82) is 0 Å². The van der Waals surface area contributed by atoms with Crippen molar-refractivity contribution in [3.8, 4) is 17.2 Å². The van der Waals surface area contributed by atoms with Crippen molar-refractivity contribution in [2.45, 2.75) is 26.7 Å². The average molecular weight is 316 g/mol. The maximum absolute atomic E-state index is 11.0. The Morgan fingerprint density at radius 1 is 1.30 bits per heavy atom. The fraction of sp³-hybridized carbons (Fsp3) is 0.312. The second kappa shape index (κ2) is 6.95. The van der Waals surface area contributed by atoms with Gasteiger partial charge in [0.2, 0.25) is 11.9 Å². The zero-order valence-electron chi connectivity index (χ0n) is 13.6. The van der Waals surface area contributed by atoms with Gasteiger partial charge in [-0.25, -0.2) is 4.98 Å². The van der Waals surface area contributed by atoms with Gasteiger partial charge in [-0.3, -0.25) is 10.1 Å². The Hall–Kier alpha value is -2.83. The number of benzene rings is 1. The summed E-state index contributed by atoms with van der Waals surface area (Å²) >= 11 is 0. The summed E-state index contributed by atoms with van der Waals surface area (Å²) in [5, 5.41) is 2.47. The normalized spacial score (nSPS) is 10.5. The molecule has 23 heavy (non-hydrogen) atoms. The van der Waals surface area contributed by atoms with Gasteiger partial charge in [-0.1, -0.05) is 13.8 Å². The van der Waals surface area contributed by atoms with Crippen LogP contribution in [0.15, 0.2) is 24.4 Å². The highest BCUT2D eigenvalue weighted by Crippen LogP contribution is 2.34. The molecule has 0 saturated carbocycles. The SMILES string of the molecule is COc1ccc(Oc2cnc(NC(C)=O)nc2N)c(C(C)C)c1. The molecular formula is C16H20N4O3. The molecule has 0 aliphatic carbocycles. The number of nitrogen functional groups attached to an aromatic ring is 1. The molecule has 0 aliphatic heterocycles. The largest absolute Gasteiger partial charge is 0.497 e. The quantitative estimate of drug-likeness (QED) is 0.879. The minimum absolute atomic E-state index is 0.140. The monoisotopic (exact) mass is 316 g/mol. The summed E-state index contributed by atoms with van der Waals surface area (Å²) in [6, 6.07) is 5.54. The maximum atomic E-state index is 11.0. The fourth-order valence-electron chi connectivity index (χ4n) is 2.00. The first-order valence-electron chi connectivity index (χ1n) is 7.16. The standard InChI is InChI=1S/C16H20N4O3/c1-9(2)12-7-11(22-4)5-6-13(12)23-14-8-18-16(19-10(3)21)20-15(14)17/h5-9H,1-4H3,(H3,17,18,19,20,21). The Labute approximate surface area is 134 Å². The van der Waals surface area contributed by atoms with Gasteiger partial charge in [0.25, 0.3) is 0 Å². The zero-order valence-corrected chi connectivity index (χ0v) is 13.6. The number of ether oxygens (including phenoxy) is 2. The number of hydrogen-bond acceptors (Lipinski definition) is 6. The molecule has 0 saturated heterocycles.